The molecule has 1 fully saturated rings. The van der Waals surface area contributed by atoms with Gasteiger partial charge < -0.3 is 4.74 Å². The first-order chi connectivity index (χ1) is 14.8. The highest BCUT2D eigenvalue weighted by Crippen LogP contribution is 2.31. The molecule has 2 aromatic heterocycles. The molecule has 1 aliphatic rings. The van der Waals surface area contributed by atoms with Crippen molar-refractivity contribution in [1.29, 1.82) is 0 Å². The summed E-state index contributed by atoms with van der Waals surface area (Å²) in [4.78, 5) is 16.1. The molecule has 4 aromatic rings. The highest BCUT2D eigenvalue weighted by atomic mass is 35.5. The van der Waals surface area contributed by atoms with Crippen LogP contribution in [0.2, 0.25) is 5.02 Å². The van der Waals surface area contributed by atoms with Gasteiger partial charge in [0.1, 0.15) is 6.10 Å². The monoisotopic (exact) mass is 416 g/mol. The minimum atomic E-state index is -0.144. The number of nitrogens with zero attached hydrogens (tertiary/aromatic N) is 4. The zero-order chi connectivity index (χ0) is 20.3. The van der Waals surface area contributed by atoms with Crippen molar-refractivity contribution in [1.82, 2.24) is 19.9 Å². The van der Waals surface area contributed by atoms with Crippen LogP contribution in [0, 0.1) is 0 Å². The van der Waals surface area contributed by atoms with Crippen LogP contribution in [-0.4, -0.2) is 39.5 Å². The first-order valence-corrected chi connectivity index (χ1v) is 10.4. The van der Waals surface area contributed by atoms with E-state index >= 15 is 0 Å². The Balaban J connectivity index is 1.41. The van der Waals surface area contributed by atoms with E-state index in [9.17, 15) is 0 Å². The molecule has 0 unspecified atom stereocenters. The van der Waals surface area contributed by atoms with E-state index in [1.54, 1.807) is 12.4 Å². The summed E-state index contributed by atoms with van der Waals surface area (Å²) in [5.41, 5.74) is 4.92. The normalized spacial score (nSPS) is 17.3. The second-order valence-electron chi connectivity index (χ2n) is 7.38. The number of rotatable bonds is 4. The summed E-state index contributed by atoms with van der Waals surface area (Å²) in [6, 6.07) is 18.1. The van der Waals surface area contributed by atoms with Crippen LogP contribution in [0.3, 0.4) is 0 Å². The molecule has 0 spiro atoms. The van der Waals surface area contributed by atoms with Gasteiger partial charge in [-0.05, 0) is 29.8 Å². The van der Waals surface area contributed by atoms with Gasteiger partial charge in [0, 0.05) is 54.2 Å². The quantitative estimate of drug-likeness (QED) is 0.472. The number of aromatic nitrogens is 3. The molecule has 150 valence electrons. The van der Waals surface area contributed by atoms with Crippen molar-refractivity contribution in [3.05, 3.63) is 89.5 Å². The van der Waals surface area contributed by atoms with Gasteiger partial charge in [-0.15, -0.1) is 0 Å². The molecule has 5 rings (SSSR count). The van der Waals surface area contributed by atoms with Gasteiger partial charge in [0.2, 0.25) is 0 Å². The molecule has 3 heterocycles. The highest BCUT2D eigenvalue weighted by molar-refractivity contribution is 6.30. The summed E-state index contributed by atoms with van der Waals surface area (Å²) in [5, 5.41) is 1.88. The third kappa shape index (κ3) is 3.92. The molecule has 30 heavy (non-hydrogen) atoms. The topological polar surface area (TPSA) is 51.1 Å². The molecule has 0 radical (unpaired) electrons. The zero-order valence-electron chi connectivity index (χ0n) is 16.4. The van der Waals surface area contributed by atoms with E-state index in [4.69, 9.17) is 16.3 Å². The van der Waals surface area contributed by atoms with Crippen LogP contribution in [0.25, 0.3) is 22.2 Å². The fourth-order valence-corrected chi connectivity index (χ4v) is 4.19. The van der Waals surface area contributed by atoms with E-state index in [1.165, 1.54) is 10.9 Å². The first kappa shape index (κ1) is 19.1. The predicted octanol–water partition coefficient (Wildman–Crippen LogP) is 4.92. The maximum atomic E-state index is 6.20. The lowest BCUT2D eigenvalue weighted by Crippen LogP contribution is -2.38. The predicted molar refractivity (Wildman–Crippen MR) is 118 cm³/mol. The molecule has 1 aliphatic heterocycles. The lowest BCUT2D eigenvalue weighted by Gasteiger charge is -2.33. The largest absolute Gasteiger partial charge is 0.369 e. The van der Waals surface area contributed by atoms with Crippen molar-refractivity contribution in [2.75, 3.05) is 19.7 Å². The van der Waals surface area contributed by atoms with Crippen LogP contribution in [0.15, 0.2) is 73.2 Å². The maximum Gasteiger partial charge on any atom is 0.114 e. The van der Waals surface area contributed by atoms with Crippen molar-refractivity contribution >= 4 is 22.5 Å². The van der Waals surface area contributed by atoms with Crippen molar-refractivity contribution in [3.63, 3.8) is 0 Å². The van der Waals surface area contributed by atoms with Gasteiger partial charge >= 0.3 is 0 Å². The number of halogens is 1. The van der Waals surface area contributed by atoms with Gasteiger partial charge in [-0.3, -0.25) is 19.9 Å². The van der Waals surface area contributed by atoms with Crippen molar-refractivity contribution in [3.8, 4) is 11.3 Å². The molecule has 0 bridgehead atoms. The molecule has 0 amide bonds. The Morgan fingerprint density at radius 3 is 2.80 bits per heavy atom. The average Bonchev–Trinajstić information content (AvgIpc) is 2.80. The molecule has 1 atom stereocenters. The number of morpholine rings is 1. The Kier molecular flexibility index (Phi) is 5.41. The van der Waals surface area contributed by atoms with Gasteiger partial charge in [-0.25, -0.2) is 0 Å². The smallest absolute Gasteiger partial charge is 0.114 e. The highest BCUT2D eigenvalue weighted by Gasteiger charge is 2.26. The second-order valence-corrected chi connectivity index (χ2v) is 7.82. The Morgan fingerprint density at radius 1 is 0.967 bits per heavy atom. The minimum absolute atomic E-state index is 0.144. The van der Waals surface area contributed by atoms with Crippen LogP contribution < -0.4 is 0 Å². The van der Waals surface area contributed by atoms with Gasteiger partial charge in [0.25, 0.3) is 0 Å². The van der Waals surface area contributed by atoms with Gasteiger partial charge in [-0.1, -0.05) is 41.9 Å². The van der Waals surface area contributed by atoms with E-state index in [-0.39, 0.29) is 6.10 Å². The lowest BCUT2D eigenvalue weighted by molar-refractivity contribution is -0.0347. The van der Waals surface area contributed by atoms with Crippen molar-refractivity contribution in [2.24, 2.45) is 0 Å². The number of fused-ring (bicyclic) bond motifs is 1. The van der Waals surface area contributed by atoms with Gasteiger partial charge in [0.05, 0.1) is 23.5 Å². The summed E-state index contributed by atoms with van der Waals surface area (Å²) in [6.45, 7) is 3.12. The first-order valence-electron chi connectivity index (χ1n) is 10.0. The minimum Gasteiger partial charge on any atom is -0.369 e. The number of hydrogen-bond acceptors (Lipinski definition) is 5. The molecule has 5 nitrogen and oxygen atoms in total. The van der Waals surface area contributed by atoms with E-state index in [2.05, 4.69) is 44.1 Å². The van der Waals surface area contributed by atoms with Crippen LogP contribution in [0.1, 0.15) is 17.4 Å². The molecule has 2 aromatic carbocycles. The standard InChI is InChI=1S/C24H21ClN4O/c25-19-6-1-4-17(14-19)23-24(28-11-10-27-23)22-16-29(12-13-30-22)15-18-5-2-8-21-20(18)7-3-9-26-21/h1-11,14,22H,12-13,15-16H2/t22-/m0/s1. The fraction of sp³-hybridized carbons (Fsp3) is 0.208. The third-order valence-corrected chi connectivity index (χ3v) is 5.65. The Labute approximate surface area is 180 Å². The van der Waals surface area contributed by atoms with Crippen LogP contribution >= 0.6 is 11.6 Å². The van der Waals surface area contributed by atoms with E-state index in [0.717, 1.165) is 42.1 Å². The Morgan fingerprint density at radius 2 is 1.87 bits per heavy atom. The molecule has 0 aliphatic carbocycles. The van der Waals surface area contributed by atoms with E-state index in [0.29, 0.717) is 11.6 Å². The number of pyridine rings is 1. The molecular formula is C24H21ClN4O. The Hall–Kier alpha value is -2.86. The van der Waals surface area contributed by atoms with Gasteiger partial charge in [0.15, 0.2) is 0 Å². The molecule has 0 saturated carbocycles. The summed E-state index contributed by atoms with van der Waals surface area (Å²) >= 11 is 6.20. The SMILES string of the molecule is Clc1cccc(-c2nccnc2[C@@H]2CN(Cc3cccc4ncccc34)CCO2)c1. The number of hydrogen-bond donors (Lipinski definition) is 0. The average molecular weight is 417 g/mol. The zero-order valence-corrected chi connectivity index (χ0v) is 17.2. The summed E-state index contributed by atoms with van der Waals surface area (Å²) in [6.07, 6.45) is 5.13. The second kappa shape index (κ2) is 8.48. The summed E-state index contributed by atoms with van der Waals surface area (Å²) < 4.78 is 6.12. The molecule has 0 N–H and O–H groups in total. The molecular weight excluding hydrogens is 396 g/mol. The lowest BCUT2D eigenvalue weighted by atomic mass is 10.0. The Bertz CT molecular complexity index is 1180. The maximum absolute atomic E-state index is 6.20. The van der Waals surface area contributed by atoms with E-state index in [1.807, 2.05) is 36.5 Å². The van der Waals surface area contributed by atoms with E-state index < -0.39 is 0 Å². The fourth-order valence-electron chi connectivity index (χ4n) is 4.00. The summed E-state index contributed by atoms with van der Waals surface area (Å²) in [5.74, 6) is 0. The van der Waals surface area contributed by atoms with Gasteiger partial charge in [-0.2, -0.15) is 0 Å². The van der Waals surface area contributed by atoms with Crippen LogP contribution in [-0.2, 0) is 11.3 Å². The number of ether oxygens (including phenoxy) is 1. The molecule has 1 saturated heterocycles. The van der Waals surface area contributed by atoms with Crippen LogP contribution in [0.5, 0.6) is 0 Å². The number of benzene rings is 2. The third-order valence-electron chi connectivity index (χ3n) is 5.41. The summed E-state index contributed by atoms with van der Waals surface area (Å²) in [7, 11) is 0. The van der Waals surface area contributed by atoms with Crippen LogP contribution in [0.4, 0.5) is 0 Å². The van der Waals surface area contributed by atoms with Crippen molar-refractivity contribution < 1.29 is 4.74 Å². The van der Waals surface area contributed by atoms with Crippen molar-refractivity contribution in [2.45, 2.75) is 12.6 Å². The molecule has 6 heteroatoms.